The van der Waals surface area contributed by atoms with Crippen LogP contribution >= 0.6 is 24.0 Å². The largest absolute Gasteiger partial charge is 0.548 e. The second kappa shape index (κ2) is 7.25. The molecule has 7 heteroatoms. The highest BCUT2D eigenvalue weighted by molar-refractivity contribution is 8.26. The van der Waals surface area contributed by atoms with Crippen molar-refractivity contribution in [3.8, 4) is 0 Å². The average Bonchev–Trinajstić information content (AvgIpc) is 2.76. The van der Waals surface area contributed by atoms with Gasteiger partial charge in [-0.15, -0.1) is 0 Å². The Morgan fingerprint density at radius 2 is 2.00 bits per heavy atom. The van der Waals surface area contributed by atoms with Gasteiger partial charge in [0.25, 0.3) is 5.91 Å². The van der Waals surface area contributed by atoms with Crippen molar-refractivity contribution < 1.29 is 19.8 Å². The molecule has 0 aliphatic carbocycles. The number of thioether (sulfide) groups is 1. The van der Waals surface area contributed by atoms with Gasteiger partial charge >= 0.3 is 0 Å². The summed E-state index contributed by atoms with van der Waals surface area (Å²) in [5.41, 5.74) is 2.01. The van der Waals surface area contributed by atoms with Crippen molar-refractivity contribution in [3.05, 3.63) is 40.3 Å². The highest BCUT2D eigenvalue weighted by Crippen LogP contribution is 2.34. The third-order valence-electron chi connectivity index (χ3n) is 3.48. The third-order valence-corrected chi connectivity index (χ3v) is 4.81. The lowest BCUT2D eigenvalue weighted by molar-refractivity contribution is -0.311. The third kappa shape index (κ3) is 3.80. The van der Waals surface area contributed by atoms with Gasteiger partial charge in [0.15, 0.2) is 0 Å². The molecule has 23 heavy (non-hydrogen) atoms. The molecule has 1 N–H and O–H groups in total. The second-order valence-electron chi connectivity index (χ2n) is 5.39. The molecule has 1 aliphatic rings. The van der Waals surface area contributed by atoms with Crippen molar-refractivity contribution in [1.29, 1.82) is 0 Å². The summed E-state index contributed by atoms with van der Waals surface area (Å²) in [5.74, 6) is -1.65. The van der Waals surface area contributed by atoms with Crippen LogP contribution in [0.1, 0.15) is 30.9 Å². The Labute approximate surface area is 144 Å². The number of aliphatic carboxylic acids is 1. The maximum Gasteiger partial charge on any atom is 0.266 e. The van der Waals surface area contributed by atoms with Crippen molar-refractivity contribution >= 4 is 46.3 Å². The number of aliphatic hydroxyl groups is 1. The van der Waals surface area contributed by atoms with Crippen molar-refractivity contribution in [2.45, 2.75) is 25.8 Å². The summed E-state index contributed by atoms with van der Waals surface area (Å²) in [4.78, 5) is 24.6. The Kier molecular flexibility index (Phi) is 5.56. The van der Waals surface area contributed by atoms with Gasteiger partial charge in [0.1, 0.15) is 10.4 Å². The number of hydrogen-bond donors (Lipinski definition) is 1. The van der Waals surface area contributed by atoms with Crippen molar-refractivity contribution in [3.63, 3.8) is 0 Å². The number of amides is 1. The van der Waals surface area contributed by atoms with E-state index in [9.17, 15) is 14.7 Å². The first-order valence-corrected chi connectivity index (χ1v) is 8.26. The van der Waals surface area contributed by atoms with Crippen LogP contribution in [0.25, 0.3) is 6.08 Å². The van der Waals surface area contributed by atoms with E-state index < -0.39 is 24.5 Å². The quantitative estimate of drug-likeness (QED) is 0.633. The molecule has 1 atom stereocenters. The molecule has 0 radical (unpaired) electrons. The molecule has 0 unspecified atom stereocenters. The van der Waals surface area contributed by atoms with Crippen LogP contribution in [-0.4, -0.2) is 38.9 Å². The van der Waals surface area contributed by atoms with Gasteiger partial charge < -0.3 is 15.0 Å². The molecule has 5 nitrogen and oxygen atoms in total. The molecule has 0 bridgehead atoms. The number of aliphatic hydroxyl groups excluding tert-OH is 1. The summed E-state index contributed by atoms with van der Waals surface area (Å²) in [6.45, 7) is 3.44. The first-order valence-electron chi connectivity index (χ1n) is 7.04. The lowest BCUT2D eigenvalue weighted by Gasteiger charge is -2.25. The van der Waals surface area contributed by atoms with Gasteiger partial charge in [-0.05, 0) is 23.1 Å². The molecule has 2 rings (SSSR count). The van der Waals surface area contributed by atoms with Gasteiger partial charge in [-0.3, -0.25) is 9.69 Å². The smallest absolute Gasteiger partial charge is 0.266 e. The zero-order valence-electron chi connectivity index (χ0n) is 12.7. The van der Waals surface area contributed by atoms with E-state index in [1.807, 2.05) is 24.3 Å². The number of carbonyl (C=O) groups is 2. The van der Waals surface area contributed by atoms with E-state index in [0.717, 1.165) is 22.2 Å². The number of carbonyl (C=O) groups excluding carboxylic acids is 2. The first kappa shape index (κ1) is 17.7. The van der Waals surface area contributed by atoms with Crippen molar-refractivity contribution in [1.82, 2.24) is 4.90 Å². The predicted molar refractivity (Wildman–Crippen MR) is 91.4 cm³/mol. The Balaban J connectivity index is 2.26. The molecule has 122 valence electrons. The van der Waals surface area contributed by atoms with E-state index in [1.165, 1.54) is 5.56 Å². The normalized spacial score (nSPS) is 18.1. The van der Waals surface area contributed by atoms with E-state index in [4.69, 9.17) is 17.3 Å². The number of nitrogens with zero attached hydrogens (tertiary/aromatic N) is 1. The number of rotatable bonds is 5. The molecule has 0 spiro atoms. The Bertz CT molecular complexity index is 667. The van der Waals surface area contributed by atoms with Gasteiger partial charge in [0.2, 0.25) is 0 Å². The topological polar surface area (TPSA) is 80.7 Å². The molecule has 1 aliphatic heterocycles. The van der Waals surface area contributed by atoms with Crippen LogP contribution < -0.4 is 5.11 Å². The molecular formula is C16H16NO4S2-. The summed E-state index contributed by atoms with van der Waals surface area (Å²) in [6, 6.07) is 6.29. The highest BCUT2D eigenvalue weighted by atomic mass is 32.2. The van der Waals surface area contributed by atoms with Crippen LogP contribution in [-0.2, 0) is 9.59 Å². The van der Waals surface area contributed by atoms with Crippen LogP contribution in [0.4, 0.5) is 0 Å². The average molecular weight is 350 g/mol. The molecule has 1 saturated heterocycles. The summed E-state index contributed by atoms with van der Waals surface area (Å²) >= 11 is 6.07. The summed E-state index contributed by atoms with van der Waals surface area (Å²) in [5, 5.41) is 20.2. The number of thiocarbonyl (C=S) groups is 1. The summed E-state index contributed by atoms with van der Waals surface area (Å²) in [7, 11) is 0. The summed E-state index contributed by atoms with van der Waals surface area (Å²) < 4.78 is 0.100. The molecule has 1 aromatic rings. The van der Waals surface area contributed by atoms with Crippen molar-refractivity contribution in [2.24, 2.45) is 0 Å². The fraction of sp³-hybridized carbons (Fsp3) is 0.312. The van der Waals surface area contributed by atoms with Crippen LogP contribution in [0.15, 0.2) is 29.2 Å². The Hall–Kier alpha value is -1.70. The van der Waals surface area contributed by atoms with E-state index in [0.29, 0.717) is 10.8 Å². The van der Waals surface area contributed by atoms with Crippen molar-refractivity contribution in [2.75, 3.05) is 6.61 Å². The van der Waals surface area contributed by atoms with Crippen LogP contribution in [0.2, 0.25) is 0 Å². The molecule has 1 amide bonds. The monoisotopic (exact) mass is 350 g/mol. The zero-order valence-corrected chi connectivity index (χ0v) is 14.3. The van der Waals surface area contributed by atoms with Gasteiger partial charge in [0, 0.05) is 0 Å². The minimum absolute atomic E-state index is 0.100. The molecule has 0 saturated carbocycles. The molecular weight excluding hydrogens is 334 g/mol. The molecule has 1 heterocycles. The standard InChI is InChI=1S/C16H17NO4S2/c1-9(2)11-5-3-10(4-6-11)7-13-14(19)17(16(22)23-13)12(8-18)15(20)21/h3-7,9,12,18H,8H2,1-2H3,(H,20,21)/p-1/b13-7-/t12-/m0/s1. The van der Waals surface area contributed by atoms with Gasteiger partial charge in [0.05, 0.1) is 17.5 Å². The SMILES string of the molecule is CC(C)c1ccc(/C=C2\SC(=S)N([C@@H](CO)C(=O)[O-])C2=O)cc1. The van der Waals surface area contributed by atoms with E-state index >= 15 is 0 Å². The van der Waals surface area contributed by atoms with Crippen LogP contribution in [0.3, 0.4) is 0 Å². The number of benzene rings is 1. The Morgan fingerprint density at radius 1 is 1.39 bits per heavy atom. The number of carboxylic acids is 1. The fourth-order valence-corrected chi connectivity index (χ4v) is 3.50. The fourth-order valence-electron chi connectivity index (χ4n) is 2.14. The van der Waals surface area contributed by atoms with Crippen LogP contribution in [0, 0.1) is 0 Å². The first-order chi connectivity index (χ1) is 10.8. The van der Waals surface area contributed by atoms with E-state index in [-0.39, 0.29) is 4.32 Å². The highest BCUT2D eigenvalue weighted by Gasteiger charge is 2.37. The van der Waals surface area contributed by atoms with E-state index in [2.05, 4.69) is 13.8 Å². The molecule has 1 fully saturated rings. The lowest BCUT2D eigenvalue weighted by Crippen LogP contribution is -2.51. The van der Waals surface area contributed by atoms with Gasteiger partial charge in [-0.25, -0.2) is 0 Å². The summed E-state index contributed by atoms with van der Waals surface area (Å²) in [6.07, 6.45) is 1.66. The van der Waals surface area contributed by atoms with Gasteiger partial charge in [-0.1, -0.05) is 62.1 Å². The maximum atomic E-state index is 12.3. The maximum absolute atomic E-state index is 12.3. The van der Waals surface area contributed by atoms with Gasteiger partial charge in [-0.2, -0.15) is 0 Å². The lowest BCUT2D eigenvalue weighted by atomic mass is 10.0. The predicted octanol–water partition coefficient (Wildman–Crippen LogP) is 1.12. The molecule has 1 aromatic carbocycles. The Morgan fingerprint density at radius 3 is 2.48 bits per heavy atom. The second-order valence-corrected chi connectivity index (χ2v) is 7.07. The minimum atomic E-state index is -1.54. The zero-order chi connectivity index (χ0) is 17.1. The number of carboxylic acid groups (broad SMARTS) is 1. The number of hydrogen-bond acceptors (Lipinski definition) is 6. The van der Waals surface area contributed by atoms with E-state index in [1.54, 1.807) is 6.08 Å². The molecule has 0 aromatic heterocycles. The van der Waals surface area contributed by atoms with Crippen LogP contribution in [0.5, 0.6) is 0 Å². The minimum Gasteiger partial charge on any atom is -0.548 e.